The van der Waals surface area contributed by atoms with E-state index in [2.05, 4.69) is 28.3 Å². The van der Waals surface area contributed by atoms with Crippen molar-refractivity contribution in [3.8, 4) is 6.07 Å². The molecular weight excluding hydrogens is 472 g/mol. The van der Waals surface area contributed by atoms with Gasteiger partial charge in [0, 0.05) is 49.9 Å². The molecule has 190 valence electrons. The molecule has 3 aliphatic rings. The van der Waals surface area contributed by atoms with Crippen molar-refractivity contribution >= 4 is 29.1 Å². The van der Waals surface area contributed by atoms with Crippen LogP contribution in [0.5, 0.6) is 0 Å². The SMILES string of the molecule is CSCCN/C=C(\CN)c1cccc(CC(=O)NC2=CC(N3CCC(C#N)(C4CC4)C3=O)=CCN2)c1. The molecule has 0 bridgehead atoms. The van der Waals surface area contributed by atoms with Gasteiger partial charge in [-0.05, 0) is 54.2 Å². The molecule has 4 rings (SSSR count). The number of nitrogens with one attached hydrogen (secondary N) is 3. The highest BCUT2D eigenvalue weighted by Gasteiger charge is 2.56. The first-order valence-electron chi connectivity index (χ1n) is 12.4. The largest absolute Gasteiger partial charge is 0.390 e. The van der Waals surface area contributed by atoms with E-state index in [-0.39, 0.29) is 24.2 Å². The molecule has 36 heavy (non-hydrogen) atoms. The molecule has 8 nitrogen and oxygen atoms in total. The molecule has 1 saturated heterocycles. The Bertz CT molecular complexity index is 1130. The van der Waals surface area contributed by atoms with Gasteiger partial charge in [0.05, 0.1) is 12.5 Å². The van der Waals surface area contributed by atoms with Crippen LogP contribution in [0.15, 0.2) is 54.1 Å². The van der Waals surface area contributed by atoms with Gasteiger partial charge in [0.25, 0.3) is 0 Å². The van der Waals surface area contributed by atoms with E-state index in [0.29, 0.717) is 31.9 Å². The van der Waals surface area contributed by atoms with Gasteiger partial charge in [-0.15, -0.1) is 0 Å². The van der Waals surface area contributed by atoms with Crippen molar-refractivity contribution in [1.82, 2.24) is 20.9 Å². The minimum Gasteiger partial charge on any atom is -0.390 e. The van der Waals surface area contributed by atoms with Crippen molar-refractivity contribution < 1.29 is 9.59 Å². The van der Waals surface area contributed by atoms with Crippen LogP contribution in [-0.4, -0.2) is 54.9 Å². The van der Waals surface area contributed by atoms with Gasteiger partial charge >= 0.3 is 0 Å². The topological polar surface area (TPSA) is 123 Å². The van der Waals surface area contributed by atoms with Gasteiger partial charge in [-0.25, -0.2) is 0 Å². The number of nitriles is 1. The van der Waals surface area contributed by atoms with Crippen molar-refractivity contribution in [2.24, 2.45) is 17.1 Å². The van der Waals surface area contributed by atoms with Crippen LogP contribution in [0.2, 0.25) is 0 Å². The van der Waals surface area contributed by atoms with Crippen LogP contribution in [0.25, 0.3) is 5.57 Å². The summed E-state index contributed by atoms with van der Waals surface area (Å²) in [6.45, 7) is 2.30. The Kier molecular flexibility index (Phi) is 8.39. The number of nitrogens with two attached hydrogens (primary N) is 1. The molecule has 1 atom stereocenters. The number of dihydropyridines is 1. The van der Waals surface area contributed by atoms with E-state index in [4.69, 9.17) is 5.73 Å². The van der Waals surface area contributed by atoms with Gasteiger partial charge in [0.2, 0.25) is 11.8 Å². The van der Waals surface area contributed by atoms with Crippen molar-refractivity contribution in [3.63, 3.8) is 0 Å². The van der Waals surface area contributed by atoms with Crippen LogP contribution in [0.1, 0.15) is 30.4 Å². The molecule has 1 aliphatic carbocycles. The molecule has 9 heteroatoms. The van der Waals surface area contributed by atoms with E-state index < -0.39 is 5.41 Å². The van der Waals surface area contributed by atoms with Crippen LogP contribution in [-0.2, 0) is 16.0 Å². The Morgan fingerprint density at radius 2 is 2.25 bits per heavy atom. The first-order chi connectivity index (χ1) is 17.5. The lowest BCUT2D eigenvalue weighted by Crippen LogP contribution is -2.38. The predicted octanol–water partition coefficient (Wildman–Crippen LogP) is 2.08. The van der Waals surface area contributed by atoms with Crippen LogP contribution in [0, 0.1) is 22.7 Å². The average molecular weight is 507 g/mol. The quantitative estimate of drug-likeness (QED) is 0.339. The lowest BCUT2D eigenvalue weighted by molar-refractivity contribution is -0.132. The zero-order chi connectivity index (χ0) is 25.5. The molecule has 1 unspecified atom stereocenters. The summed E-state index contributed by atoms with van der Waals surface area (Å²) in [7, 11) is 0. The zero-order valence-corrected chi connectivity index (χ0v) is 21.5. The summed E-state index contributed by atoms with van der Waals surface area (Å²) in [5.74, 6) is 1.50. The van der Waals surface area contributed by atoms with Gasteiger partial charge in [-0.2, -0.15) is 17.0 Å². The Morgan fingerprint density at radius 1 is 1.42 bits per heavy atom. The molecule has 0 aromatic heterocycles. The van der Waals surface area contributed by atoms with E-state index >= 15 is 0 Å². The summed E-state index contributed by atoms with van der Waals surface area (Å²) in [5, 5.41) is 19.1. The summed E-state index contributed by atoms with van der Waals surface area (Å²) in [5.41, 5.74) is 8.68. The third-order valence-corrected chi connectivity index (χ3v) is 7.53. The number of carbonyl (C=O) groups is 2. The van der Waals surface area contributed by atoms with Crippen molar-refractivity contribution in [2.75, 3.05) is 38.2 Å². The van der Waals surface area contributed by atoms with Crippen molar-refractivity contribution in [1.29, 1.82) is 5.26 Å². The van der Waals surface area contributed by atoms with Gasteiger partial charge in [-0.1, -0.05) is 24.3 Å². The highest BCUT2D eigenvalue weighted by molar-refractivity contribution is 7.98. The number of rotatable bonds is 11. The maximum Gasteiger partial charge on any atom is 0.247 e. The second-order valence-corrected chi connectivity index (χ2v) is 10.4. The maximum absolute atomic E-state index is 13.1. The van der Waals surface area contributed by atoms with Crippen LogP contribution >= 0.6 is 11.8 Å². The third-order valence-electron chi connectivity index (χ3n) is 6.92. The first kappa shape index (κ1) is 25.9. The Morgan fingerprint density at radius 3 is 2.97 bits per heavy atom. The van der Waals surface area contributed by atoms with Crippen LogP contribution < -0.4 is 21.7 Å². The van der Waals surface area contributed by atoms with Gasteiger partial charge in [-0.3, -0.25) is 9.59 Å². The molecule has 2 fully saturated rings. The third kappa shape index (κ3) is 5.77. The maximum atomic E-state index is 13.1. The number of thioether (sulfide) groups is 1. The molecule has 1 aromatic rings. The molecular formula is C27H34N6O2S. The number of likely N-dealkylation sites (tertiary alicyclic amines) is 1. The lowest BCUT2D eigenvalue weighted by atomic mass is 9.83. The monoisotopic (exact) mass is 506 g/mol. The van der Waals surface area contributed by atoms with Crippen molar-refractivity contribution in [3.05, 3.63) is 65.3 Å². The second-order valence-electron chi connectivity index (χ2n) is 9.38. The van der Waals surface area contributed by atoms with E-state index in [1.54, 1.807) is 22.7 Å². The number of hydrogen-bond donors (Lipinski definition) is 4. The lowest BCUT2D eigenvalue weighted by Gasteiger charge is -2.25. The summed E-state index contributed by atoms with van der Waals surface area (Å²) in [6.07, 6.45) is 10.4. The van der Waals surface area contributed by atoms with Crippen molar-refractivity contribution in [2.45, 2.75) is 25.7 Å². The number of amides is 2. The number of carbonyl (C=O) groups excluding carboxylic acids is 2. The molecule has 2 heterocycles. The number of nitrogens with zero attached hydrogens (tertiary/aromatic N) is 2. The Balaban J connectivity index is 1.38. The van der Waals surface area contributed by atoms with Gasteiger partial charge in [0.1, 0.15) is 11.2 Å². The number of hydrogen-bond acceptors (Lipinski definition) is 7. The van der Waals surface area contributed by atoms with Gasteiger partial charge in [0.15, 0.2) is 0 Å². The molecule has 0 spiro atoms. The molecule has 1 aromatic carbocycles. The molecule has 1 saturated carbocycles. The fourth-order valence-electron chi connectivity index (χ4n) is 4.80. The number of benzene rings is 1. The van der Waals surface area contributed by atoms with Crippen LogP contribution in [0.4, 0.5) is 0 Å². The van der Waals surface area contributed by atoms with E-state index in [0.717, 1.165) is 47.5 Å². The highest BCUT2D eigenvalue weighted by Crippen LogP contribution is 2.51. The summed E-state index contributed by atoms with van der Waals surface area (Å²) in [6, 6.07) is 10.2. The van der Waals surface area contributed by atoms with Gasteiger partial charge < -0.3 is 26.6 Å². The summed E-state index contributed by atoms with van der Waals surface area (Å²) in [4.78, 5) is 27.7. The molecule has 2 amide bonds. The van der Waals surface area contributed by atoms with E-state index in [9.17, 15) is 14.9 Å². The summed E-state index contributed by atoms with van der Waals surface area (Å²) < 4.78 is 0. The smallest absolute Gasteiger partial charge is 0.247 e. The second kappa shape index (κ2) is 11.7. The molecule has 2 aliphatic heterocycles. The molecule has 5 N–H and O–H groups in total. The van der Waals surface area contributed by atoms with Crippen LogP contribution in [0.3, 0.4) is 0 Å². The number of allylic oxidation sites excluding steroid dienone is 1. The standard InChI is InChI=1S/C27H34N6O2S/c1-36-12-10-30-17-21(16-28)20-4-2-3-19(13-20)14-25(34)32-24-15-23(7-9-31-24)33-11-8-27(18-29,26(33)35)22-5-6-22/h2-4,7,13,15,17,22,30-31H,5-6,8-12,14,16,28H2,1H3,(H,32,34)/b21-17+. The minimum atomic E-state index is -0.880. The fraction of sp³-hybridized carbons (Fsp3) is 0.444. The first-order valence-corrected chi connectivity index (χ1v) is 13.8. The fourth-order valence-corrected chi connectivity index (χ4v) is 5.12. The zero-order valence-electron chi connectivity index (χ0n) is 20.7. The van der Waals surface area contributed by atoms with E-state index in [1.165, 1.54) is 0 Å². The predicted molar refractivity (Wildman–Crippen MR) is 143 cm³/mol. The normalized spacial score (nSPS) is 21.9. The molecule has 0 radical (unpaired) electrons. The Labute approximate surface area is 217 Å². The summed E-state index contributed by atoms with van der Waals surface area (Å²) >= 11 is 1.78. The van der Waals surface area contributed by atoms with E-state index in [1.807, 2.05) is 36.5 Å². The minimum absolute atomic E-state index is 0.105. The highest BCUT2D eigenvalue weighted by atomic mass is 32.2. The average Bonchev–Trinajstić information content (AvgIpc) is 3.68. The Hall–Kier alpha value is -3.22.